The quantitative estimate of drug-likeness (QED) is 0.610. The molecule has 8 nitrogen and oxygen atoms in total. The summed E-state index contributed by atoms with van der Waals surface area (Å²) in [5, 5.41) is 4.50. The van der Waals surface area contributed by atoms with E-state index in [0.29, 0.717) is 16.8 Å². The number of ether oxygens (including phenoxy) is 1. The number of thiophene rings is 1. The first-order valence-electron chi connectivity index (χ1n) is 9.44. The number of hydrazone groups is 1. The van der Waals surface area contributed by atoms with Crippen molar-refractivity contribution in [3.8, 4) is 0 Å². The normalized spacial score (nSPS) is 14.8. The number of aryl methyl sites for hydroxylation is 2. The molecule has 0 aliphatic heterocycles. The van der Waals surface area contributed by atoms with E-state index in [1.54, 1.807) is 25.3 Å². The lowest BCUT2D eigenvalue weighted by molar-refractivity contribution is 0.0529. The molecule has 1 aliphatic carbocycles. The third-order valence-electron chi connectivity index (χ3n) is 4.38. The van der Waals surface area contributed by atoms with Gasteiger partial charge in [-0.2, -0.15) is 5.10 Å². The SMILES string of the molecule is CCCn1c(=O)n(C2CC2)c(=O)c2c(C)c(C=NNC(=O)OC(C)(C)C)sc21. The monoisotopic (exact) mass is 406 g/mol. The Kier molecular flexibility index (Phi) is 5.47. The summed E-state index contributed by atoms with van der Waals surface area (Å²) in [6.07, 6.45) is 3.36. The maximum absolute atomic E-state index is 13.0. The number of nitrogens with zero attached hydrogens (tertiary/aromatic N) is 3. The fourth-order valence-corrected chi connectivity index (χ4v) is 4.22. The molecule has 1 fully saturated rings. The van der Waals surface area contributed by atoms with Crippen molar-refractivity contribution < 1.29 is 9.53 Å². The molecule has 0 unspecified atom stereocenters. The summed E-state index contributed by atoms with van der Waals surface area (Å²) >= 11 is 1.33. The van der Waals surface area contributed by atoms with Gasteiger partial charge in [0, 0.05) is 12.6 Å². The zero-order chi connectivity index (χ0) is 20.6. The van der Waals surface area contributed by atoms with Crippen molar-refractivity contribution in [2.45, 2.75) is 72.1 Å². The fourth-order valence-electron chi connectivity index (χ4n) is 3.02. The molecule has 152 valence electrons. The van der Waals surface area contributed by atoms with Crippen molar-refractivity contribution in [2.24, 2.45) is 5.10 Å². The van der Waals surface area contributed by atoms with Crippen LogP contribution in [0.15, 0.2) is 14.7 Å². The Morgan fingerprint density at radius 3 is 2.61 bits per heavy atom. The van der Waals surface area contributed by atoms with Crippen molar-refractivity contribution in [3.05, 3.63) is 31.3 Å². The van der Waals surface area contributed by atoms with Gasteiger partial charge in [0.2, 0.25) is 0 Å². The molecule has 2 heterocycles. The second-order valence-electron chi connectivity index (χ2n) is 7.98. The largest absolute Gasteiger partial charge is 0.443 e. The second kappa shape index (κ2) is 7.54. The molecule has 0 atom stereocenters. The van der Waals surface area contributed by atoms with Gasteiger partial charge < -0.3 is 4.74 Å². The number of fused-ring (bicyclic) bond motifs is 1. The highest BCUT2D eigenvalue weighted by Gasteiger charge is 2.30. The zero-order valence-corrected chi connectivity index (χ0v) is 17.7. The molecule has 3 rings (SSSR count). The van der Waals surface area contributed by atoms with Crippen molar-refractivity contribution in [1.29, 1.82) is 0 Å². The summed E-state index contributed by atoms with van der Waals surface area (Å²) in [4.78, 5) is 38.9. The molecule has 1 N–H and O–H groups in total. The minimum Gasteiger partial charge on any atom is -0.443 e. The van der Waals surface area contributed by atoms with Crippen LogP contribution in [0.3, 0.4) is 0 Å². The van der Waals surface area contributed by atoms with Gasteiger partial charge in [-0.25, -0.2) is 15.0 Å². The molecule has 0 aromatic carbocycles. The predicted molar refractivity (Wildman–Crippen MR) is 111 cm³/mol. The summed E-state index contributed by atoms with van der Waals surface area (Å²) in [7, 11) is 0. The number of hydrogen-bond acceptors (Lipinski definition) is 6. The lowest BCUT2D eigenvalue weighted by atomic mass is 10.2. The molecule has 0 bridgehead atoms. The number of carbonyl (C=O) groups is 1. The van der Waals surface area contributed by atoms with Crippen molar-refractivity contribution >= 4 is 33.9 Å². The highest BCUT2D eigenvalue weighted by molar-refractivity contribution is 7.20. The van der Waals surface area contributed by atoms with E-state index in [4.69, 9.17) is 4.74 Å². The lowest BCUT2D eigenvalue weighted by Gasteiger charge is -2.18. The van der Waals surface area contributed by atoms with Crippen LogP contribution < -0.4 is 16.7 Å². The molecule has 1 aliphatic rings. The number of carbonyl (C=O) groups excluding carboxylic acids is 1. The minimum absolute atomic E-state index is 0.0118. The van der Waals surface area contributed by atoms with Gasteiger partial charge in [0.15, 0.2) is 0 Å². The molecule has 28 heavy (non-hydrogen) atoms. The number of hydrogen-bond donors (Lipinski definition) is 1. The lowest BCUT2D eigenvalue weighted by Crippen LogP contribution is -2.39. The first-order valence-corrected chi connectivity index (χ1v) is 10.3. The summed E-state index contributed by atoms with van der Waals surface area (Å²) in [6, 6.07) is 0.0118. The van der Waals surface area contributed by atoms with Crippen molar-refractivity contribution in [3.63, 3.8) is 0 Å². The van der Waals surface area contributed by atoms with E-state index < -0.39 is 11.7 Å². The van der Waals surface area contributed by atoms with Crippen LogP contribution in [-0.4, -0.2) is 27.0 Å². The summed E-state index contributed by atoms with van der Waals surface area (Å²) in [6.45, 7) is 9.69. The zero-order valence-electron chi connectivity index (χ0n) is 16.9. The van der Waals surface area contributed by atoms with E-state index in [1.807, 2.05) is 13.8 Å². The first kappa shape index (κ1) is 20.3. The van der Waals surface area contributed by atoms with E-state index in [9.17, 15) is 14.4 Å². The van der Waals surface area contributed by atoms with Crippen LogP contribution in [0, 0.1) is 6.92 Å². The highest BCUT2D eigenvalue weighted by atomic mass is 32.1. The summed E-state index contributed by atoms with van der Waals surface area (Å²) in [5.41, 5.74) is 2.01. The van der Waals surface area contributed by atoms with Gasteiger partial charge in [0.25, 0.3) is 5.56 Å². The van der Waals surface area contributed by atoms with E-state index in [2.05, 4.69) is 10.5 Å². The summed E-state index contributed by atoms with van der Waals surface area (Å²) < 4.78 is 8.23. The van der Waals surface area contributed by atoms with E-state index >= 15 is 0 Å². The van der Waals surface area contributed by atoms with E-state index in [1.165, 1.54) is 22.1 Å². The maximum atomic E-state index is 13.0. The van der Waals surface area contributed by atoms with Crippen LogP contribution in [0.2, 0.25) is 0 Å². The second-order valence-corrected chi connectivity index (χ2v) is 9.01. The smallest absolute Gasteiger partial charge is 0.428 e. The van der Waals surface area contributed by atoms with E-state index in [0.717, 1.165) is 29.7 Å². The molecular formula is C19H26N4O4S. The molecule has 9 heteroatoms. The van der Waals surface area contributed by atoms with Crippen LogP contribution in [0.25, 0.3) is 10.2 Å². The van der Waals surface area contributed by atoms with Gasteiger partial charge in [0.05, 0.1) is 16.5 Å². The van der Waals surface area contributed by atoms with Gasteiger partial charge in [-0.15, -0.1) is 11.3 Å². The summed E-state index contributed by atoms with van der Waals surface area (Å²) in [5.74, 6) is 0. The topological polar surface area (TPSA) is 94.7 Å². The van der Waals surface area contributed by atoms with Gasteiger partial charge in [0.1, 0.15) is 10.4 Å². The molecule has 0 radical (unpaired) electrons. The van der Waals surface area contributed by atoms with Gasteiger partial charge in [-0.1, -0.05) is 6.92 Å². The van der Waals surface area contributed by atoms with Crippen LogP contribution >= 0.6 is 11.3 Å². The first-order chi connectivity index (χ1) is 13.1. The predicted octanol–water partition coefficient (Wildman–Crippen LogP) is 3.14. The fraction of sp³-hybridized carbons (Fsp3) is 0.579. The number of nitrogens with one attached hydrogen (secondary N) is 1. The van der Waals surface area contributed by atoms with Crippen LogP contribution in [-0.2, 0) is 11.3 Å². The van der Waals surface area contributed by atoms with Gasteiger partial charge in [-0.05, 0) is 52.5 Å². The molecule has 1 amide bonds. The number of amides is 1. The van der Waals surface area contributed by atoms with Gasteiger partial charge in [-0.3, -0.25) is 13.9 Å². The standard InChI is InChI=1S/C19H26N4O4S/c1-6-9-22-16-14(15(24)23(18(22)26)12-7-8-12)11(2)13(28-16)10-20-21-17(25)27-19(3,4)5/h10,12H,6-9H2,1-5H3,(H,21,25). The van der Waals surface area contributed by atoms with Crippen molar-refractivity contribution in [1.82, 2.24) is 14.6 Å². The average molecular weight is 407 g/mol. The molecule has 0 saturated heterocycles. The Hall–Kier alpha value is -2.42. The molecule has 2 aromatic rings. The van der Waals surface area contributed by atoms with Crippen molar-refractivity contribution in [2.75, 3.05) is 0 Å². The number of aromatic nitrogens is 2. The van der Waals surface area contributed by atoms with Crippen LogP contribution in [0.4, 0.5) is 4.79 Å². The molecule has 0 spiro atoms. The molecule has 1 saturated carbocycles. The van der Waals surface area contributed by atoms with E-state index in [-0.39, 0.29) is 17.3 Å². The van der Waals surface area contributed by atoms with Crippen LogP contribution in [0.5, 0.6) is 0 Å². The third kappa shape index (κ3) is 4.04. The maximum Gasteiger partial charge on any atom is 0.428 e. The Labute approximate surface area is 166 Å². The Morgan fingerprint density at radius 2 is 2.04 bits per heavy atom. The number of rotatable bonds is 5. The average Bonchev–Trinajstić information content (AvgIpc) is 3.35. The highest BCUT2D eigenvalue weighted by Crippen LogP contribution is 2.34. The van der Waals surface area contributed by atoms with Crippen LogP contribution in [0.1, 0.15) is 63.4 Å². The van der Waals surface area contributed by atoms with Gasteiger partial charge >= 0.3 is 11.8 Å². The molecule has 2 aromatic heterocycles. The minimum atomic E-state index is -0.651. The molecular weight excluding hydrogens is 380 g/mol. The third-order valence-corrected chi connectivity index (χ3v) is 5.63. The Bertz CT molecular complexity index is 1050. The Balaban J connectivity index is 2.00. The Morgan fingerprint density at radius 1 is 1.36 bits per heavy atom.